The van der Waals surface area contributed by atoms with Crippen LogP contribution in [0.4, 0.5) is 10.5 Å². The van der Waals surface area contributed by atoms with E-state index in [1.165, 1.54) is 23.1 Å². The Balaban J connectivity index is 1.59. The molecule has 0 saturated carbocycles. The first-order valence-electron chi connectivity index (χ1n) is 9.14. The topological polar surface area (TPSA) is 44.4 Å². The van der Waals surface area contributed by atoms with Gasteiger partial charge in [0.1, 0.15) is 0 Å². The molecule has 5 heteroatoms. The van der Waals surface area contributed by atoms with E-state index < -0.39 is 0 Å². The van der Waals surface area contributed by atoms with Gasteiger partial charge in [-0.25, -0.2) is 4.79 Å². The van der Waals surface area contributed by atoms with Gasteiger partial charge in [0.15, 0.2) is 0 Å². The van der Waals surface area contributed by atoms with E-state index in [0.717, 1.165) is 31.6 Å². The lowest BCUT2D eigenvalue weighted by Crippen LogP contribution is -2.39. The van der Waals surface area contributed by atoms with Gasteiger partial charge in [-0.05, 0) is 78.0 Å². The second-order valence-electron chi connectivity index (χ2n) is 6.47. The van der Waals surface area contributed by atoms with Crippen molar-refractivity contribution in [3.63, 3.8) is 0 Å². The first-order chi connectivity index (χ1) is 12.2. The average molecular weight is 358 g/mol. The Kier molecular flexibility index (Phi) is 6.10. The molecular formula is C20H27N3OS. The number of benzene rings is 1. The van der Waals surface area contributed by atoms with E-state index >= 15 is 0 Å². The molecule has 1 aromatic carbocycles. The average Bonchev–Trinajstić information content (AvgIpc) is 3.29. The number of aryl methyl sites for hydroxylation is 2. The summed E-state index contributed by atoms with van der Waals surface area (Å²) in [6.45, 7) is 6.85. The molecule has 3 rings (SSSR count). The van der Waals surface area contributed by atoms with Crippen LogP contribution < -0.4 is 10.6 Å². The number of amides is 2. The highest BCUT2D eigenvalue weighted by molar-refractivity contribution is 7.07. The maximum atomic E-state index is 12.3. The summed E-state index contributed by atoms with van der Waals surface area (Å²) in [6, 6.07) is 8.49. The van der Waals surface area contributed by atoms with Gasteiger partial charge < -0.3 is 10.6 Å². The highest BCUT2D eigenvalue weighted by Gasteiger charge is 2.19. The third-order valence-corrected chi connectivity index (χ3v) is 5.69. The van der Waals surface area contributed by atoms with E-state index in [4.69, 9.17) is 0 Å². The normalized spacial score (nSPS) is 14.4. The standard InChI is InChI=1S/C20H27N3OS/c1-3-23(4-2)19(17-10-11-25-14-17)13-21-20(24)22-18-9-8-15-6-5-7-16(15)12-18/h8-12,14,19H,3-7,13H2,1-2H3,(H2,21,22,24). The summed E-state index contributed by atoms with van der Waals surface area (Å²) in [7, 11) is 0. The van der Waals surface area contributed by atoms with Crippen molar-refractivity contribution in [1.82, 2.24) is 10.2 Å². The van der Waals surface area contributed by atoms with Gasteiger partial charge in [0.25, 0.3) is 0 Å². The lowest BCUT2D eigenvalue weighted by atomic mass is 10.1. The second-order valence-corrected chi connectivity index (χ2v) is 7.25. The highest BCUT2D eigenvalue weighted by Crippen LogP contribution is 2.25. The lowest BCUT2D eigenvalue weighted by Gasteiger charge is -2.29. The molecule has 0 radical (unpaired) electrons. The summed E-state index contributed by atoms with van der Waals surface area (Å²) in [5.41, 5.74) is 4.95. The molecule has 0 aliphatic heterocycles. The molecule has 0 saturated heterocycles. The number of hydrogen-bond donors (Lipinski definition) is 2. The number of carbonyl (C=O) groups excluding carboxylic acids is 1. The molecule has 1 atom stereocenters. The fourth-order valence-electron chi connectivity index (χ4n) is 3.60. The predicted molar refractivity (Wildman–Crippen MR) is 105 cm³/mol. The van der Waals surface area contributed by atoms with Gasteiger partial charge in [0, 0.05) is 12.2 Å². The number of anilines is 1. The summed E-state index contributed by atoms with van der Waals surface area (Å²) in [6.07, 6.45) is 3.50. The van der Waals surface area contributed by atoms with Crippen molar-refractivity contribution in [3.8, 4) is 0 Å². The monoisotopic (exact) mass is 357 g/mol. The molecule has 4 nitrogen and oxygen atoms in total. The molecule has 2 amide bonds. The van der Waals surface area contributed by atoms with Crippen LogP contribution in [0.3, 0.4) is 0 Å². The van der Waals surface area contributed by atoms with Crippen LogP contribution >= 0.6 is 11.3 Å². The van der Waals surface area contributed by atoms with Crippen molar-refractivity contribution in [2.45, 2.75) is 39.2 Å². The van der Waals surface area contributed by atoms with Crippen molar-refractivity contribution in [2.75, 3.05) is 25.0 Å². The third kappa shape index (κ3) is 4.41. The van der Waals surface area contributed by atoms with Crippen LogP contribution in [0.1, 0.15) is 43.0 Å². The summed E-state index contributed by atoms with van der Waals surface area (Å²) in [5.74, 6) is 0. The third-order valence-electron chi connectivity index (χ3n) is 4.99. The van der Waals surface area contributed by atoms with E-state index in [1.54, 1.807) is 11.3 Å². The first-order valence-corrected chi connectivity index (χ1v) is 10.1. The molecule has 0 bridgehead atoms. The van der Waals surface area contributed by atoms with Crippen LogP contribution in [0.5, 0.6) is 0 Å². The zero-order valence-corrected chi connectivity index (χ0v) is 15.9. The molecule has 1 aliphatic rings. The van der Waals surface area contributed by atoms with Crippen LogP contribution in [0.15, 0.2) is 35.0 Å². The number of rotatable bonds is 7. The van der Waals surface area contributed by atoms with Crippen molar-refractivity contribution < 1.29 is 4.79 Å². The fourth-order valence-corrected chi connectivity index (χ4v) is 4.31. The zero-order valence-electron chi connectivity index (χ0n) is 15.0. The van der Waals surface area contributed by atoms with Gasteiger partial charge in [-0.2, -0.15) is 11.3 Å². The minimum absolute atomic E-state index is 0.134. The number of thiophene rings is 1. The molecule has 25 heavy (non-hydrogen) atoms. The molecule has 1 heterocycles. The molecule has 2 N–H and O–H groups in total. The van der Waals surface area contributed by atoms with E-state index in [9.17, 15) is 4.79 Å². The van der Waals surface area contributed by atoms with Crippen LogP contribution in [-0.2, 0) is 12.8 Å². The maximum Gasteiger partial charge on any atom is 0.319 e. The second kappa shape index (κ2) is 8.50. The maximum absolute atomic E-state index is 12.3. The summed E-state index contributed by atoms with van der Waals surface area (Å²) in [4.78, 5) is 14.7. The fraction of sp³-hybridized carbons (Fsp3) is 0.450. The van der Waals surface area contributed by atoms with Crippen LogP contribution in [0.2, 0.25) is 0 Å². The van der Waals surface area contributed by atoms with Gasteiger partial charge in [0.2, 0.25) is 0 Å². The van der Waals surface area contributed by atoms with E-state index in [0.29, 0.717) is 6.54 Å². The Bertz CT molecular complexity index is 695. The van der Waals surface area contributed by atoms with E-state index in [-0.39, 0.29) is 12.1 Å². The van der Waals surface area contributed by atoms with Crippen LogP contribution in [0.25, 0.3) is 0 Å². The van der Waals surface area contributed by atoms with Crippen molar-refractivity contribution >= 4 is 23.1 Å². The molecule has 1 aliphatic carbocycles. The Morgan fingerprint density at radius 1 is 1.20 bits per heavy atom. The number of carbonyl (C=O) groups is 1. The smallest absolute Gasteiger partial charge is 0.319 e. The summed E-state index contributed by atoms with van der Waals surface area (Å²) >= 11 is 1.70. The Hall–Kier alpha value is -1.85. The number of hydrogen-bond acceptors (Lipinski definition) is 3. The number of urea groups is 1. The molecule has 134 valence electrons. The first kappa shape index (κ1) is 18.0. The summed E-state index contributed by atoms with van der Waals surface area (Å²) < 4.78 is 0. The number of fused-ring (bicyclic) bond motifs is 1. The van der Waals surface area contributed by atoms with Crippen LogP contribution in [-0.4, -0.2) is 30.6 Å². The minimum atomic E-state index is -0.134. The minimum Gasteiger partial charge on any atom is -0.336 e. The van der Waals surface area contributed by atoms with Gasteiger partial charge >= 0.3 is 6.03 Å². The number of likely N-dealkylation sites (N-methyl/N-ethyl adjacent to an activating group) is 1. The van der Waals surface area contributed by atoms with Crippen molar-refractivity contribution in [2.24, 2.45) is 0 Å². The van der Waals surface area contributed by atoms with E-state index in [2.05, 4.69) is 58.3 Å². The largest absolute Gasteiger partial charge is 0.336 e. The molecule has 1 unspecified atom stereocenters. The molecule has 0 spiro atoms. The van der Waals surface area contributed by atoms with Gasteiger partial charge in [-0.3, -0.25) is 4.90 Å². The lowest BCUT2D eigenvalue weighted by molar-refractivity contribution is 0.210. The van der Waals surface area contributed by atoms with E-state index in [1.807, 2.05) is 6.07 Å². The van der Waals surface area contributed by atoms with Crippen molar-refractivity contribution in [3.05, 3.63) is 51.7 Å². The highest BCUT2D eigenvalue weighted by atomic mass is 32.1. The zero-order chi connectivity index (χ0) is 17.6. The quantitative estimate of drug-likeness (QED) is 0.769. The molecule has 0 fully saturated rings. The molecule has 1 aromatic heterocycles. The van der Waals surface area contributed by atoms with Gasteiger partial charge in [-0.1, -0.05) is 19.9 Å². The number of nitrogens with zero attached hydrogens (tertiary/aromatic N) is 1. The molecule has 2 aromatic rings. The van der Waals surface area contributed by atoms with Crippen molar-refractivity contribution in [1.29, 1.82) is 0 Å². The summed E-state index contributed by atoms with van der Waals surface area (Å²) in [5, 5.41) is 10.3. The SMILES string of the molecule is CCN(CC)C(CNC(=O)Nc1ccc2c(c1)CCC2)c1ccsc1. The van der Waals surface area contributed by atoms with Gasteiger partial charge in [-0.15, -0.1) is 0 Å². The van der Waals surface area contributed by atoms with Gasteiger partial charge in [0.05, 0.1) is 6.04 Å². The Morgan fingerprint density at radius 3 is 2.72 bits per heavy atom. The predicted octanol–water partition coefficient (Wildman–Crippen LogP) is 4.44. The molecular weight excluding hydrogens is 330 g/mol. The Morgan fingerprint density at radius 2 is 2.00 bits per heavy atom. The number of nitrogens with one attached hydrogen (secondary N) is 2. The van der Waals surface area contributed by atoms with Crippen LogP contribution in [0, 0.1) is 0 Å². The Labute approximate surface area is 154 Å².